The quantitative estimate of drug-likeness (QED) is 0.378. The molecule has 3 aromatic rings. The molecule has 1 amide bonds. The summed E-state index contributed by atoms with van der Waals surface area (Å²) in [5, 5.41) is 9.95. The maximum absolute atomic E-state index is 13.3. The molecule has 1 atom stereocenters. The van der Waals surface area contributed by atoms with Crippen molar-refractivity contribution >= 4 is 18.0 Å². The Labute approximate surface area is 198 Å². The van der Waals surface area contributed by atoms with E-state index < -0.39 is 12.1 Å². The molecule has 0 aliphatic rings. The number of aryl methyl sites for hydroxylation is 1. The lowest BCUT2D eigenvalue weighted by atomic mass is 10.1. The van der Waals surface area contributed by atoms with Gasteiger partial charge in [0.15, 0.2) is 0 Å². The second kappa shape index (κ2) is 11.8. The van der Waals surface area contributed by atoms with Gasteiger partial charge in [-0.1, -0.05) is 18.2 Å². The van der Waals surface area contributed by atoms with E-state index in [4.69, 9.17) is 14.6 Å². The van der Waals surface area contributed by atoms with Gasteiger partial charge < -0.3 is 19.7 Å². The van der Waals surface area contributed by atoms with Crippen LogP contribution in [-0.4, -0.2) is 39.8 Å². The van der Waals surface area contributed by atoms with E-state index in [1.165, 1.54) is 18.2 Å². The van der Waals surface area contributed by atoms with Crippen molar-refractivity contribution in [3.63, 3.8) is 0 Å². The van der Waals surface area contributed by atoms with Gasteiger partial charge in [0, 0.05) is 12.3 Å². The van der Waals surface area contributed by atoms with Crippen LogP contribution >= 0.6 is 0 Å². The fourth-order valence-corrected chi connectivity index (χ4v) is 2.86. The zero-order chi connectivity index (χ0) is 26.2. The third kappa shape index (κ3) is 8.29. The predicted molar refractivity (Wildman–Crippen MR) is 121 cm³/mol. The third-order valence-corrected chi connectivity index (χ3v) is 4.57. The van der Waals surface area contributed by atoms with Gasteiger partial charge in [0.2, 0.25) is 5.91 Å². The number of alkyl halides is 3. The van der Waals surface area contributed by atoms with Gasteiger partial charge in [-0.2, -0.15) is 13.2 Å². The van der Waals surface area contributed by atoms with E-state index in [0.29, 0.717) is 11.3 Å². The maximum Gasteiger partial charge on any atom is 0.490 e. The number of carboxylic acid groups (broad SMARTS) is 1. The van der Waals surface area contributed by atoms with E-state index in [9.17, 15) is 22.4 Å². The van der Waals surface area contributed by atoms with Crippen LogP contribution in [0.2, 0.25) is 0 Å². The fourth-order valence-electron chi connectivity index (χ4n) is 2.86. The molecule has 0 fully saturated rings. The molecule has 0 radical (unpaired) electrons. The van der Waals surface area contributed by atoms with Crippen molar-refractivity contribution in [1.29, 1.82) is 0 Å². The Morgan fingerprint density at radius 2 is 1.89 bits per heavy atom. The standard InChI is InChI=1S/C22H22FN3O2.C2HF3O2/c1-15-13-26(14-24-15)20-9-7-17(11-21(20)28-3)8-10-22(27)25-16(2)18-5-4-6-19(23)12-18;3-2(4,5)1(6)7/h4-14,16H,1-3H3,(H,25,27);(H,6,7). The number of carbonyl (C=O) groups excluding carboxylic acids is 1. The van der Waals surface area contributed by atoms with Crippen molar-refractivity contribution in [2.75, 3.05) is 7.11 Å². The molecule has 1 aromatic heterocycles. The van der Waals surface area contributed by atoms with Crippen LogP contribution in [0, 0.1) is 12.7 Å². The molecule has 7 nitrogen and oxygen atoms in total. The van der Waals surface area contributed by atoms with Crippen molar-refractivity contribution in [3.05, 3.63) is 83.7 Å². The SMILES string of the molecule is COc1cc(C=CC(=O)NC(C)c2cccc(F)c2)ccc1-n1cnc(C)c1.O=C(O)C(F)(F)F. The van der Waals surface area contributed by atoms with Crippen molar-refractivity contribution in [2.45, 2.75) is 26.1 Å². The summed E-state index contributed by atoms with van der Waals surface area (Å²) in [5.41, 5.74) is 3.31. The summed E-state index contributed by atoms with van der Waals surface area (Å²) in [4.78, 5) is 25.3. The summed E-state index contributed by atoms with van der Waals surface area (Å²) in [6.07, 6.45) is 1.71. The first-order valence-corrected chi connectivity index (χ1v) is 10.1. The lowest BCUT2D eigenvalue weighted by molar-refractivity contribution is -0.192. The number of carboxylic acids is 1. The summed E-state index contributed by atoms with van der Waals surface area (Å²) < 4.78 is 52.4. The molecule has 2 aromatic carbocycles. The highest BCUT2D eigenvalue weighted by molar-refractivity contribution is 5.92. The zero-order valence-corrected chi connectivity index (χ0v) is 19.0. The maximum atomic E-state index is 13.3. The van der Waals surface area contributed by atoms with Gasteiger partial charge in [0.25, 0.3) is 0 Å². The van der Waals surface area contributed by atoms with E-state index in [0.717, 1.165) is 16.9 Å². The Balaban J connectivity index is 0.000000540. The minimum absolute atomic E-state index is 0.259. The monoisotopic (exact) mass is 493 g/mol. The molecule has 1 heterocycles. The largest absolute Gasteiger partial charge is 0.495 e. The molecule has 186 valence electrons. The number of rotatable bonds is 6. The molecule has 35 heavy (non-hydrogen) atoms. The van der Waals surface area contributed by atoms with Gasteiger partial charge in [-0.3, -0.25) is 4.79 Å². The second-order valence-electron chi connectivity index (χ2n) is 7.28. The third-order valence-electron chi connectivity index (χ3n) is 4.57. The molecule has 2 N–H and O–H groups in total. The van der Waals surface area contributed by atoms with E-state index in [-0.39, 0.29) is 17.8 Å². The summed E-state index contributed by atoms with van der Waals surface area (Å²) in [7, 11) is 1.60. The van der Waals surface area contributed by atoms with Crippen molar-refractivity contribution in [3.8, 4) is 11.4 Å². The number of hydrogen-bond acceptors (Lipinski definition) is 4. The number of nitrogens with one attached hydrogen (secondary N) is 1. The van der Waals surface area contributed by atoms with E-state index in [1.807, 2.05) is 42.8 Å². The van der Waals surface area contributed by atoms with Crippen LogP contribution in [0.1, 0.15) is 29.8 Å². The smallest absolute Gasteiger partial charge is 0.490 e. The second-order valence-corrected chi connectivity index (χ2v) is 7.28. The normalized spacial score (nSPS) is 12.0. The van der Waals surface area contributed by atoms with E-state index in [2.05, 4.69) is 10.3 Å². The summed E-state index contributed by atoms with van der Waals surface area (Å²) in [5.74, 6) is -2.67. The van der Waals surface area contributed by atoms with Crippen LogP contribution in [0.5, 0.6) is 5.75 Å². The van der Waals surface area contributed by atoms with Crippen LogP contribution in [-0.2, 0) is 9.59 Å². The van der Waals surface area contributed by atoms with Crippen LogP contribution in [0.25, 0.3) is 11.8 Å². The number of methoxy groups -OCH3 is 1. The minimum atomic E-state index is -5.08. The molecule has 11 heteroatoms. The molecule has 0 aliphatic carbocycles. The summed E-state index contributed by atoms with van der Waals surface area (Å²) >= 11 is 0. The molecular weight excluding hydrogens is 470 g/mol. The number of carbonyl (C=O) groups is 2. The van der Waals surface area contributed by atoms with Crippen molar-refractivity contribution in [1.82, 2.24) is 14.9 Å². The fraction of sp³-hybridized carbons (Fsp3) is 0.208. The number of halogens is 4. The van der Waals surface area contributed by atoms with Crippen LogP contribution in [0.3, 0.4) is 0 Å². The van der Waals surface area contributed by atoms with Crippen LogP contribution in [0.15, 0.2) is 61.1 Å². The molecule has 3 rings (SSSR count). The molecule has 0 bridgehead atoms. The predicted octanol–water partition coefficient (Wildman–Crippen LogP) is 4.85. The van der Waals surface area contributed by atoms with Gasteiger partial charge in [-0.05, 0) is 55.3 Å². The van der Waals surface area contributed by atoms with Gasteiger partial charge in [0.05, 0.1) is 30.9 Å². The zero-order valence-electron chi connectivity index (χ0n) is 19.0. The highest BCUT2D eigenvalue weighted by Gasteiger charge is 2.38. The van der Waals surface area contributed by atoms with Gasteiger partial charge in [0.1, 0.15) is 11.6 Å². The minimum Gasteiger partial charge on any atom is -0.495 e. The summed E-state index contributed by atoms with van der Waals surface area (Å²) in [6, 6.07) is 11.5. The van der Waals surface area contributed by atoms with Crippen molar-refractivity contribution in [2.24, 2.45) is 0 Å². The summed E-state index contributed by atoms with van der Waals surface area (Å²) in [6.45, 7) is 3.73. The van der Waals surface area contributed by atoms with Crippen LogP contribution < -0.4 is 10.1 Å². The first-order valence-electron chi connectivity index (χ1n) is 10.1. The average Bonchev–Trinajstić information content (AvgIpc) is 3.23. The number of ether oxygens (including phenoxy) is 1. The van der Waals surface area contributed by atoms with Gasteiger partial charge >= 0.3 is 12.1 Å². The topological polar surface area (TPSA) is 93.5 Å². The molecular formula is C24H23F4N3O4. The lowest BCUT2D eigenvalue weighted by Gasteiger charge is -2.13. The number of hydrogen-bond donors (Lipinski definition) is 2. The molecule has 0 saturated heterocycles. The number of aromatic nitrogens is 2. The van der Waals surface area contributed by atoms with E-state index in [1.54, 1.807) is 31.6 Å². The number of nitrogens with zero attached hydrogens (tertiary/aromatic N) is 2. The van der Waals surface area contributed by atoms with E-state index >= 15 is 0 Å². The first-order chi connectivity index (χ1) is 16.4. The number of amides is 1. The van der Waals surface area contributed by atoms with Gasteiger partial charge in [-0.25, -0.2) is 14.2 Å². The van der Waals surface area contributed by atoms with Crippen LogP contribution in [0.4, 0.5) is 17.6 Å². The molecule has 0 spiro atoms. The van der Waals surface area contributed by atoms with Gasteiger partial charge in [-0.15, -0.1) is 0 Å². The molecule has 1 unspecified atom stereocenters. The Hall–Kier alpha value is -4.15. The first kappa shape index (κ1) is 27.1. The number of benzene rings is 2. The number of aliphatic carboxylic acids is 1. The Morgan fingerprint density at radius 1 is 1.20 bits per heavy atom. The Kier molecular flexibility index (Phi) is 9.15. The highest BCUT2D eigenvalue weighted by atomic mass is 19.4. The number of imidazole rings is 1. The van der Waals surface area contributed by atoms with Crippen molar-refractivity contribution < 1.29 is 37.0 Å². The highest BCUT2D eigenvalue weighted by Crippen LogP contribution is 2.25. The lowest BCUT2D eigenvalue weighted by Crippen LogP contribution is -2.24. The molecule has 0 saturated carbocycles. The average molecular weight is 493 g/mol. The molecule has 0 aliphatic heterocycles. The Bertz CT molecular complexity index is 1210. The Morgan fingerprint density at radius 3 is 2.43 bits per heavy atom.